The summed E-state index contributed by atoms with van der Waals surface area (Å²) in [4.78, 5) is 43.4. The SMILES string of the molecule is CC(=O)N1CC[C@]2(C1)CN(C(=O)Nc1ncc(SCC(=O)O)s1)c1ccc(Br)cc12. The lowest BCUT2D eigenvalue weighted by atomic mass is 9.81. The van der Waals surface area contributed by atoms with Gasteiger partial charge >= 0.3 is 12.0 Å². The quantitative estimate of drug-likeness (QED) is 0.608. The summed E-state index contributed by atoms with van der Waals surface area (Å²) < 4.78 is 1.66. The first-order valence-electron chi connectivity index (χ1n) is 9.22. The number of anilines is 2. The third kappa shape index (κ3) is 4.06. The number of aromatic nitrogens is 1. The van der Waals surface area contributed by atoms with Gasteiger partial charge in [-0.1, -0.05) is 27.3 Å². The molecule has 2 aromatic rings. The van der Waals surface area contributed by atoms with Gasteiger partial charge in [0.2, 0.25) is 5.91 Å². The molecule has 0 unspecified atom stereocenters. The Morgan fingerprint density at radius 3 is 2.87 bits per heavy atom. The Balaban J connectivity index is 1.54. The first-order chi connectivity index (χ1) is 14.3. The molecule has 8 nitrogen and oxygen atoms in total. The molecule has 3 amide bonds. The lowest BCUT2D eigenvalue weighted by Crippen LogP contribution is -2.41. The summed E-state index contributed by atoms with van der Waals surface area (Å²) in [7, 11) is 0. The minimum atomic E-state index is -0.903. The fourth-order valence-electron chi connectivity index (χ4n) is 3.99. The van der Waals surface area contributed by atoms with Crippen molar-refractivity contribution in [2.24, 2.45) is 0 Å². The molecule has 1 fully saturated rings. The van der Waals surface area contributed by atoms with Gasteiger partial charge in [-0.25, -0.2) is 9.78 Å². The Morgan fingerprint density at radius 1 is 1.37 bits per heavy atom. The third-order valence-electron chi connectivity index (χ3n) is 5.36. The Labute approximate surface area is 189 Å². The summed E-state index contributed by atoms with van der Waals surface area (Å²) in [5.74, 6) is -0.917. The number of thiazole rings is 1. The highest BCUT2D eigenvalue weighted by molar-refractivity contribution is 9.10. The summed E-state index contributed by atoms with van der Waals surface area (Å²) in [5.41, 5.74) is 1.61. The van der Waals surface area contributed by atoms with Crippen molar-refractivity contribution in [2.45, 2.75) is 23.0 Å². The van der Waals surface area contributed by atoms with Crippen LogP contribution < -0.4 is 10.2 Å². The molecular formula is C19H19BrN4O4S2. The summed E-state index contributed by atoms with van der Waals surface area (Å²) in [6.07, 6.45) is 2.36. The van der Waals surface area contributed by atoms with Crippen LogP contribution in [-0.2, 0) is 15.0 Å². The van der Waals surface area contributed by atoms with E-state index in [0.29, 0.717) is 24.8 Å². The van der Waals surface area contributed by atoms with Crippen LogP contribution in [0.15, 0.2) is 33.1 Å². The Morgan fingerprint density at radius 2 is 2.17 bits per heavy atom. The molecule has 1 aromatic heterocycles. The maximum absolute atomic E-state index is 13.1. The van der Waals surface area contributed by atoms with E-state index in [1.165, 1.54) is 23.1 Å². The zero-order valence-electron chi connectivity index (χ0n) is 16.1. The molecule has 0 saturated carbocycles. The molecule has 2 aliphatic rings. The van der Waals surface area contributed by atoms with Gasteiger partial charge in [-0.05, 0) is 30.2 Å². The standard InChI is InChI=1S/C19H19BrN4O4S2/c1-11(25)23-5-4-19(9-23)10-24(14-3-2-12(20)6-13(14)19)18(28)22-17-21-7-16(30-17)29-8-15(26)27/h2-3,6-7H,4-5,8-10H2,1H3,(H,26,27)(H,21,22,28)/t19-/m0/s1. The number of hydrogen-bond acceptors (Lipinski definition) is 6. The number of nitrogens with one attached hydrogen (secondary N) is 1. The van der Waals surface area contributed by atoms with Crippen LogP contribution in [0.1, 0.15) is 18.9 Å². The van der Waals surface area contributed by atoms with E-state index in [1.807, 2.05) is 23.1 Å². The third-order valence-corrected chi connectivity index (χ3v) is 7.95. The molecule has 2 aliphatic heterocycles. The summed E-state index contributed by atoms with van der Waals surface area (Å²) >= 11 is 5.93. The van der Waals surface area contributed by atoms with Gasteiger partial charge < -0.3 is 10.0 Å². The van der Waals surface area contributed by atoms with Crippen molar-refractivity contribution in [3.05, 3.63) is 34.4 Å². The molecular weight excluding hydrogens is 492 g/mol. The zero-order valence-corrected chi connectivity index (χ0v) is 19.3. The van der Waals surface area contributed by atoms with Gasteiger partial charge in [0.25, 0.3) is 0 Å². The van der Waals surface area contributed by atoms with Crippen molar-refractivity contribution in [3.8, 4) is 0 Å². The first-order valence-corrected chi connectivity index (χ1v) is 11.8. The Kier molecular flexibility index (Phi) is 5.78. The van der Waals surface area contributed by atoms with Crippen LogP contribution in [0.25, 0.3) is 0 Å². The number of rotatable bonds is 4. The van der Waals surface area contributed by atoms with Crippen LogP contribution in [0.2, 0.25) is 0 Å². The largest absolute Gasteiger partial charge is 0.481 e. The second kappa shape index (κ2) is 8.20. The molecule has 1 atom stereocenters. The number of halogens is 1. The molecule has 158 valence electrons. The molecule has 11 heteroatoms. The molecule has 0 bridgehead atoms. The van der Waals surface area contributed by atoms with Crippen molar-refractivity contribution < 1.29 is 19.5 Å². The topological polar surface area (TPSA) is 103 Å². The predicted octanol–water partition coefficient (Wildman–Crippen LogP) is 3.62. The molecule has 3 heterocycles. The van der Waals surface area contributed by atoms with Gasteiger partial charge in [-0.2, -0.15) is 0 Å². The van der Waals surface area contributed by atoms with E-state index in [4.69, 9.17) is 5.11 Å². The minimum absolute atomic E-state index is 0.0421. The number of carboxylic acids is 1. The number of carbonyl (C=O) groups excluding carboxylic acids is 2. The number of fused-ring (bicyclic) bond motifs is 2. The van der Waals surface area contributed by atoms with Crippen LogP contribution in [0.5, 0.6) is 0 Å². The zero-order chi connectivity index (χ0) is 21.5. The van der Waals surface area contributed by atoms with Crippen LogP contribution in [-0.4, -0.2) is 58.3 Å². The molecule has 1 aromatic carbocycles. The van der Waals surface area contributed by atoms with E-state index in [2.05, 4.69) is 26.2 Å². The second-order valence-electron chi connectivity index (χ2n) is 7.32. The van der Waals surface area contributed by atoms with Crippen LogP contribution in [0, 0.1) is 0 Å². The minimum Gasteiger partial charge on any atom is -0.481 e. The molecule has 4 rings (SSSR count). The summed E-state index contributed by atoms with van der Waals surface area (Å²) in [6.45, 7) is 3.32. The van der Waals surface area contributed by atoms with Crippen molar-refractivity contribution in [2.75, 3.05) is 35.6 Å². The number of likely N-dealkylation sites (tertiary alicyclic amines) is 1. The lowest BCUT2D eigenvalue weighted by molar-refractivity contribution is -0.134. The van der Waals surface area contributed by atoms with Gasteiger partial charge in [0.15, 0.2) is 5.13 Å². The number of amides is 3. The molecule has 1 spiro atoms. The van der Waals surface area contributed by atoms with Gasteiger partial charge in [-0.15, -0.1) is 11.8 Å². The van der Waals surface area contributed by atoms with E-state index in [0.717, 1.165) is 26.4 Å². The average molecular weight is 511 g/mol. The van der Waals surface area contributed by atoms with Crippen LogP contribution in [0.4, 0.5) is 15.6 Å². The van der Waals surface area contributed by atoms with Crippen molar-refractivity contribution in [1.82, 2.24) is 9.88 Å². The molecule has 1 saturated heterocycles. The number of aliphatic carboxylic acids is 1. The van der Waals surface area contributed by atoms with E-state index >= 15 is 0 Å². The van der Waals surface area contributed by atoms with E-state index < -0.39 is 5.97 Å². The number of nitrogens with zero attached hydrogens (tertiary/aromatic N) is 3. The normalized spacial score (nSPS) is 19.9. The monoisotopic (exact) mass is 510 g/mol. The highest BCUT2D eigenvalue weighted by Gasteiger charge is 2.49. The molecule has 0 aliphatic carbocycles. The van der Waals surface area contributed by atoms with E-state index in [9.17, 15) is 14.4 Å². The van der Waals surface area contributed by atoms with Gasteiger partial charge in [0, 0.05) is 42.1 Å². The maximum atomic E-state index is 13.1. The van der Waals surface area contributed by atoms with Crippen molar-refractivity contribution >= 4 is 67.8 Å². The van der Waals surface area contributed by atoms with Crippen LogP contribution in [0.3, 0.4) is 0 Å². The van der Waals surface area contributed by atoms with E-state index in [1.54, 1.807) is 18.0 Å². The highest BCUT2D eigenvalue weighted by Crippen LogP contribution is 2.47. The summed E-state index contributed by atoms with van der Waals surface area (Å²) in [6, 6.07) is 5.57. The second-order valence-corrected chi connectivity index (χ2v) is 10.5. The number of hydrogen-bond donors (Lipinski definition) is 2. The maximum Gasteiger partial charge on any atom is 0.328 e. The smallest absolute Gasteiger partial charge is 0.328 e. The van der Waals surface area contributed by atoms with Crippen LogP contribution >= 0.6 is 39.0 Å². The number of benzene rings is 1. The first kappa shape index (κ1) is 21.1. The fourth-order valence-corrected chi connectivity index (χ4v) is 5.93. The summed E-state index contributed by atoms with van der Waals surface area (Å²) in [5, 5.41) is 12.0. The average Bonchev–Trinajstić information content (AvgIpc) is 3.39. The Hall–Kier alpha value is -2.11. The van der Waals surface area contributed by atoms with Gasteiger partial charge in [-0.3, -0.25) is 19.8 Å². The molecule has 30 heavy (non-hydrogen) atoms. The molecule has 2 N–H and O–H groups in total. The molecule has 0 radical (unpaired) electrons. The number of urea groups is 1. The number of thioether (sulfide) groups is 1. The lowest BCUT2D eigenvalue weighted by Gasteiger charge is -2.25. The highest BCUT2D eigenvalue weighted by atomic mass is 79.9. The van der Waals surface area contributed by atoms with Gasteiger partial charge in [0.1, 0.15) is 0 Å². The fraction of sp³-hybridized carbons (Fsp3) is 0.368. The van der Waals surface area contributed by atoms with Gasteiger partial charge in [0.05, 0.1) is 16.2 Å². The number of carboxylic acid groups (broad SMARTS) is 1. The van der Waals surface area contributed by atoms with E-state index in [-0.39, 0.29) is 23.1 Å². The van der Waals surface area contributed by atoms with Crippen molar-refractivity contribution in [3.63, 3.8) is 0 Å². The predicted molar refractivity (Wildman–Crippen MR) is 120 cm³/mol. The van der Waals surface area contributed by atoms with Crippen molar-refractivity contribution in [1.29, 1.82) is 0 Å². The Bertz CT molecular complexity index is 1030. The number of carbonyl (C=O) groups is 3.